The van der Waals surface area contributed by atoms with Crippen molar-refractivity contribution in [3.63, 3.8) is 0 Å². The minimum Gasteiger partial charge on any atom is -0.508 e. The number of hydrogen-bond acceptors (Lipinski definition) is 5. The molecule has 1 amide bonds. The van der Waals surface area contributed by atoms with Gasteiger partial charge in [0.05, 0.1) is 17.8 Å². The lowest BCUT2D eigenvalue weighted by Crippen LogP contribution is -2.42. The first-order valence-electron chi connectivity index (χ1n) is 6.21. The molecule has 1 rings (SSSR count). The van der Waals surface area contributed by atoms with E-state index in [-0.39, 0.29) is 24.0 Å². The van der Waals surface area contributed by atoms with Crippen molar-refractivity contribution in [2.45, 2.75) is 25.4 Å². The highest BCUT2D eigenvalue weighted by molar-refractivity contribution is 7.90. The monoisotopic (exact) mass is 300 g/mol. The second kappa shape index (κ2) is 6.71. The summed E-state index contributed by atoms with van der Waals surface area (Å²) in [5.41, 5.74) is 6.40. The summed E-state index contributed by atoms with van der Waals surface area (Å²) >= 11 is 0. The van der Waals surface area contributed by atoms with Crippen LogP contribution >= 0.6 is 0 Å². The van der Waals surface area contributed by atoms with Crippen molar-refractivity contribution in [2.75, 3.05) is 12.0 Å². The summed E-state index contributed by atoms with van der Waals surface area (Å²) in [6.45, 7) is 1.76. The van der Waals surface area contributed by atoms with Crippen LogP contribution in [0.3, 0.4) is 0 Å². The molecule has 1 aromatic carbocycles. The van der Waals surface area contributed by atoms with Crippen molar-refractivity contribution in [3.8, 4) is 5.75 Å². The molecule has 0 radical (unpaired) electrons. The number of benzene rings is 1. The van der Waals surface area contributed by atoms with Crippen LogP contribution in [0.5, 0.6) is 5.75 Å². The average Bonchev–Trinajstić information content (AvgIpc) is 2.34. The molecule has 7 heteroatoms. The van der Waals surface area contributed by atoms with Gasteiger partial charge in [0, 0.05) is 6.26 Å². The third kappa shape index (κ3) is 5.58. The Morgan fingerprint density at radius 2 is 2.10 bits per heavy atom. The number of hydrogen-bond donors (Lipinski definition) is 3. The second-order valence-corrected chi connectivity index (χ2v) is 7.11. The molecule has 0 saturated heterocycles. The molecule has 0 saturated carbocycles. The number of amides is 1. The molecule has 4 N–H and O–H groups in total. The van der Waals surface area contributed by atoms with E-state index in [4.69, 9.17) is 5.73 Å². The van der Waals surface area contributed by atoms with Gasteiger partial charge in [-0.2, -0.15) is 0 Å². The van der Waals surface area contributed by atoms with Crippen molar-refractivity contribution < 1.29 is 18.3 Å². The van der Waals surface area contributed by atoms with Crippen LogP contribution in [0.25, 0.3) is 0 Å². The summed E-state index contributed by atoms with van der Waals surface area (Å²) in [5, 5.41) is 12.1. The Balaban J connectivity index is 2.57. The predicted octanol–water partition coefficient (Wildman–Crippen LogP) is 0.331. The van der Waals surface area contributed by atoms with Gasteiger partial charge in [-0.25, -0.2) is 8.42 Å². The average molecular weight is 300 g/mol. The zero-order chi connectivity index (χ0) is 15.3. The van der Waals surface area contributed by atoms with Crippen molar-refractivity contribution in [1.82, 2.24) is 5.32 Å². The van der Waals surface area contributed by atoms with Crippen LogP contribution in [0.4, 0.5) is 0 Å². The minimum absolute atomic E-state index is 0.0808. The van der Waals surface area contributed by atoms with E-state index in [1.54, 1.807) is 25.1 Å². The van der Waals surface area contributed by atoms with E-state index >= 15 is 0 Å². The summed E-state index contributed by atoms with van der Waals surface area (Å²) in [7, 11) is -3.13. The van der Waals surface area contributed by atoms with Crippen molar-refractivity contribution in [3.05, 3.63) is 29.8 Å². The quantitative estimate of drug-likeness (QED) is 0.701. The lowest BCUT2D eigenvalue weighted by Gasteiger charge is -2.17. The Bertz CT molecular complexity index is 571. The van der Waals surface area contributed by atoms with Gasteiger partial charge in [-0.15, -0.1) is 0 Å². The largest absolute Gasteiger partial charge is 0.508 e. The van der Waals surface area contributed by atoms with E-state index in [0.29, 0.717) is 0 Å². The molecule has 0 heterocycles. The molecule has 2 atom stereocenters. The van der Waals surface area contributed by atoms with Gasteiger partial charge in [-0.3, -0.25) is 4.79 Å². The molecular weight excluding hydrogens is 280 g/mol. The van der Waals surface area contributed by atoms with Crippen molar-refractivity contribution in [2.24, 2.45) is 5.73 Å². The molecule has 6 nitrogen and oxygen atoms in total. The van der Waals surface area contributed by atoms with Crippen LogP contribution in [0.15, 0.2) is 24.3 Å². The number of aromatic hydroxyl groups is 1. The van der Waals surface area contributed by atoms with E-state index in [2.05, 4.69) is 5.32 Å². The summed E-state index contributed by atoms with van der Waals surface area (Å²) < 4.78 is 22.0. The molecule has 0 aromatic heterocycles. The summed E-state index contributed by atoms with van der Waals surface area (Å²) in [6.07, 6.45) is 1.18. The number of phenols is 1. The van der Waals surface area contributed by atoms with Gasteiger partial charge in [-0.05, 0) is 31.0 Å². The highest BCUT2D eigenvalue weighted by atomic mass is 32.2. The smallest absolute Gasteiger partial charge is 0.237 e. The molecule has 0 fully saturated rings. The first-order valence-corrected chi connectivity index (χ1v) is 8.27. The van der Waals surface area contributed by atoms with Gasteiger partial charge in [0.2, 0.25) is 5.91 Å². The topological polar surface area (TPSA) is 109 Å². The summed E-state index contributed by atoms with van der Waals surface area (Å²) in [6, 6.07) is 5.34. The molecule has 2 unspecified atom stereocenters. The molecule has 0 spiro atoms. The van der Waals surface area contributed by atoms with Crippen molar-refractivity contribution in [1.29, 1.82) is 0 Å². The number of rotatable bonds is 6. The molecule has 0 aliphatic heterocycles. The van der Waals surface area contributed by atoms with Gasteiger partial charge in [0.25, 0.3) is 0 Å². The van der Waals surface area contributed by atoms with Crippen LogP contribution in [0.1, 0.15) is 24.9 Å². The van der Waals surface area contributed by atoms with Gasteiger partial charge >= 0.3 is 0 Å². The third-order valence-corrected chi connectivity index (χ3v) is 3.84. The molecule has 20 heavy (non-hydrogen) atoms. The highest BCUT2D eigenvalue weighted by Crippen LogP contribution is 2.17. The number of phenolic OH excluding ortho intramolecular Hbond substituents is 1. The Hall–Kier alpha value is -1.60. The first kappa shape index (κ1) is 16.5. The number of sulfone groups is 1. The van der Waals surface area contributed by atoms with Gasteiger partial charge in [0.1, 0.15) is 15.6 Å². The van der Waals surface area contributed by atoms with E-state index in [0.717, 1.165) is 11.8 Å². The Labute approximate surface area is 118 Å². The lowest BCUT2D eigenvalue weighted by atomic mass is 10.1. The number of carbonyl (C=O) groups is 1. The maximum absolute atomic E-state index is 11.8. The fourth-order valence-corrected chi connectivity index (χ4v) is 2.35. The summed E-state index contributed by atoms with van der Waals surface area (Å²) in [5.74, 6) is -0.420. The van der Waals surface area contributed by atoms with Crippen LogP contribution in [-0.2, 0) is 14.6 Å². The second-order valence-electron chi connectivity index (χ2n) is 4.85. The Kier molecular flexibility index (Phi) is 5.52. The molecule has 112 valence electrons. The zero-order valence-corrected chi connectivity index (χ0v) is 12.4. The van der Waals surface area contributed by atoms with Gasteiger partial charge in [-0.1, -0.05) is 12.1 Å². The molecular formula is C13H20N2O4S. The van der Waals surface area contributed by atoms with Gasteiger partial charge < -0.3 is 16.2 Å². The number of nitrogens with one attached hydrogen (secondary N) is 1. The van der Waals surface area contributed by atoms with Crippen molar-refractivity contribution >= 4 is 15.7 Å². The highest BCUT2D eigenvalue weighted by Gasteiger charge is 2.18. The number of carbonyl (C=O) groups excluding carboxylic acids is 1. The maximum Gasteiger partial charge on any atom is 0.237 e. The molecule has 0 aliphatic rings. The van der Waals surface area contributed by atoms with E-state index < -0.39 is 21.8 Å². The fraction of sp³-hybridized carbons (Fsp3) is 0.462. The fourth-order valence-electron chi connectivity index (χ4n) is 1.67. The van der Waals surface area contributed by atoms with E-state index in [1.165, 1.54) is 6.07 Å². The van der Waals surface area contributed by atoms with Crippen LogP contribution in [0.2, 0.25) is 0 Å². The first-order chi connectivity index (χ1) is 9.19. The predicted molar refractivity (Wildman–Crippen MR) is 77.0 cm³/mol. The Morgan fingerprint density at radius 3 is 2.65 bits per heavy atom. The molecule has 0 bridgehead atoms. The van der Waals surface area contributed by atoms with Gasteiger partial charge in [0.15, 0.2) is 0 Å². The SMILES string of the molecule is CC(NC(=O)C(N)CCS(C)(=O)=O)c1cccc(O)c1. The third-order valence-electron chi connectivity index (χ3n) is 2.87. The lowest BCUT2D eigenvalue weighted by molar-refractivity contribution is -0.123. The minimum atomic E-state index is -3.13. The molecule has 1 aromatic rings. The van der Waals surface area contributed by atoms with Crippen LogP contribution < -0.4 is 11.1 Å². The van der Waals surface area contributed by atoms with Crippen LogP contribution in [-0.4, -0.2) is 37.5 Å². The normalized spacial score (nSPS) is 14.6. The summed E-state index contributed by atoms with van der Waals surface area (Å²) in [4.78, 5) is 11.8. The standard InChI is InChI=1S/C13H20N2O4S/c1-9(10-4-3-5-11(16)8-10)15-13(17)12(14)6-7-20(2,18)19/h3-5,8-9,12,16H,6-7,14H2,1-2H3,(H,15,17). The number of nitrogens with two attached hydrogens (primary N) is 1. The van der Waals surface area contributed by atoms with E-state index in [9.17, 15) is 18.3 Å². The Morgan fingerprint density at radius 1 is 1.45 bits per heavy atom. The van der Waals surface area contributed by atoms with E-state index in [1.807, 2.05) is 0 Å². The maximum atomic E-state index is 11.8. The zero-order valence-electron chi connectivity index (χ0n) is 11.5. The van der Waals surface area contributed by atoms with Crippen LogP contribution in [0, 0.1) is 0 Å². The molecule has 0 aliphatic carbocycles.